The van der Waals surface area contributed by atoms with Crippen LogP contribution in [0.3, 0.4) is 0 Å². The zero-order chi connectivity index (χ0) is 13.0. The Morgan fingerprint density at radius 3 is 2.94 bits per heavy atom. The standard InChI is InChI=1S/C12H14IN3OS/c1-8(2)14-7-11-15-16-12(18-11)17-10-5-3-4-9(13)6-10/h3-6,8,14H,7H2,1-2H3. The number of rotatable bonds is 5. The minimum Gasteiger partial charge on any atom is -0.430 e. The molecule has 1 heterocycles. The quantitative estimate of drug-likeness (QED) is 0.814. The SMILES string of the molecule is CC(C)NCc1nnc(Oc2cccc(I)c2)s1. The van der Waals surface area contributed by atoms with E-state index in [1.807, 2.05) is 24.3 Å². The molecule has 0 aliphatic carbocycles. The normalized spacial score (nSPS) is 10.9. The van der Waals surface area contributed by atoms with Crippen molar-refractivity contribution in [2.45, 2.75) is 26.4 Å². The molecule has 1 aromatic carbocycles. The summed E-state index contributed by atoms with van der Waals surface area (Å²) in [5.74, 6) is 0.793. The van der Waals surface area contributed by atoms with Gasteiger partial charge in [-0.3, -0.25) is 0 Å². The summed E-state index contributed by atoms with van der Waals surface area (Å²) in [6.45, 7) is 4.93. The Kier molecular flexibility index (Phi) is 4.90. The first-order valence-corrected chi connectivity index (χ1v) is 7.52. The summed E-state index contributed by atoms with van der Waals surface area (Å²) in [4.78, 5) is 0. The Balaban J connectivity index is 1.98. The Hall–Kier alpha value is -0.730. The molecule has 96 valence electrons. The fourth-order valence-corrected chi connectivity index (χ4v) is 2.45. The van der Waals surface area contributed by atoms with Gasteiger partial charge in [0.25, 0.3) is 5.19 Å². The van der Waals surface area contributed by atoms with Gasteiger partial charge in [0.2, 0.25) is 0 Å². The maximum atomic E-state index is 5.66. The van der Waals surface area contributed by atoms with Crippen LogP contribution in [-0.2, 0) is 6.54 Å². The van der Waals surface area contributed by atoms with Crippen LogP contribution in [0, 0.1) is 3.57 Å². The number of hydrogen-bond acceptors (Lipinski definition) is 5. The maximum absolute atomic E-state index is 5.66. The molecule has 6 heteroatoms. The number of halogens is 1. The van der Waals surface area contributed by atoms with E-state index < -0.39 is 0 Å². The summed E-state index contributed by atoms with van der Waals surface area (Å²) in [7, 11) is 0. The molecule has 1 aromatic heterocycles. The minimum absolute atomic E-state index is 0.439. The minimum atomic E-state index is 0.439. The van der Waals surface area contributed by atoms with Crippen molar-refractivity contribution in [2.24, 2.45) is 0 Å². The van der Waals surface area contributed by atoms with E-state index in [-0.39, 0.29) is 0 Å². The van der Waals surface area contributed by atoms with Crippen LogP contribution in [0.5, 0.6) is 10.9 Å². The maximum Gasteiger partial charge on any atom is 0.299 e. The van der Waals surface area contributed by atoms with E-state index in [9.17, 15) is 0 Å². The van der Waals surface area contributed by atoms with Crippen LogP contribution >= 0.6 is 33.9 Å². The molecule has 0 radical (unpaired) electrons. The monoisotopic (exact) mass is 375 g/mol. The van der Waals surface area contributed by atoms with Gasteiger partial charge < -0.3 is 10.1 Å². The van der Waals surface area contributed by atoms with Crippen LogP contribution in [0.2, 0.25) is 0 Å². The van der Waals surface area contributed by atoms with Crippen molar-refractivity contribution in [1.29, 1.82) is 0 Å². The van der Waals surface area contributed by atoms with Crippen LogP contribution in [0.15, 0.2) is 24.3 Å². The molecule has 0 aliphatic heterocycles. The van der Waals surface area contributed by atoms with Crippen LogP contribution in [0.1, 0.15) is 18.9 Å². The first-order valence-electron chi connectivity index (χ1n) is 5.62. The molecule has 0 saturated carbocycles. The van der Waals surface area contributed by atoms with E-state index in [4.69, 9.17) is 4.74 Å². The van der Waals surface area contributed by atoms with Crippen molar-refractivity contribution in [3.05, 3.63) is 32.8 Å². The Morgan fingerprint density at radius 2 is 2.22 bits per heavy atom. The predicted octanol–water partition coefficient (Wildman–Crippen LogP) is 3.43. The van der Waals surface area contributed by atoms with Crippen LogP contribution < -0.4 is 10.1 Å². The molecule has 0 bridgehead atoms. The van der Waals surface area contributed by atoms with E-state index in [0.717, 1.165) is 20.9 Å². The average molecular weight is 375 g/mol. The highest BCUT2D eigenvalue weighted by Crippen LogP contribution is 2.25. The number of nitrogens with one attached hydrogen (secondary N) is 1. The van der Waals surface area contributed by atoms with Crippen molar-refractivity contribution in [3.8, 4) is 10.9 Å². The van der Waals surface area contributed by atoms with Gasteiger partial charge in [0.1, 0.15) is 10.8 Å². The molecule has 2 aromatic rings. The zero-order valence-corrected chi connectivity index (χ0v) is 13.2. The van der Waals surface area contributed by atoms with E-state index in [1.165, 1.54) is 11.3 Å². The molecule has 0 aliphatic rings. The second-order valence-corrected chi connectivity index (χ2v) is 6.33. The lowest BCUT2D eigenvalue weighted by molar-refractivity contribution is 0.472. The fourth-order valence-electron chi connectivity index (χ4n) is 1.27. The molecule has 18 heavy (non-hydrogen) atoms. The van der Waals surface area contributed by atoms with Crippen molar-refractivity contribution in [1.82, 2.24) is 15.5 Å². The Labute approximate surface area is 124 Å². The van der Waals surface area contributed by atoms with Gasteiger partial charge in [-0.15, -0.1) is 5.10 Å². The molecule has 0 fully saturated rings. The first-order chi connectivity index (χ1) is 8.63. The Bertz CT molecular complexity index is 516. The van der Waals surface area contributed by atoms with E-state index in [2.05, 4.69) is 52.0 Å². The summed E-state index contributed by atoms with van der Waals surface area (Å²) >= 11 is 3.72. The first kappa shape index (κ1) is 13.7. The molecular formula is C12H14IN3OS. The van der Waals surface area contributed by atoms with E-state index in [0.29, 0.717) is 11.2 Å². The van der Waals surface area contributed by atoms with Gasteiger partial charge in [0.05, 0.1) is 6.54 Å². The summed E-state index contributed by atoms with van der Waals surface area (Å²) < 4.78 is 6.79. The van der Waals surface area contributed by atoms with Crippen LogP contribution in [0.25, 0.3) is 0 Å². The van der Waals surface area contributed by atoms with Crippen molar-refractivity contribution < 1.29 is 4.74 Å². The molecule has 0 unspecified atom stereocenters. The lowest BCUT2D eigenvalue weighted by atomic mass is 10.3. The summed E-state index contributed by atoms with van der Waals surface area (Å²) in [5, 5.41) is 12.9. The molecular weight excluding hydrogens is 361 g/mol. The molecule has 1 N–H and O–H groups in total. The second-order valence-electron chi connectivity index (χ2n) is 4.06. The number of aromatic nitrogens is 2. The van der Waals surface area contributed by atoms with Crippen molar-refractivity contribution in [2.75, 3.05) is 0 Å². The topological polar surface area (TPSA) is 47.0 Å². The molecule has 2 rings (SSSR count). The molecule has 0 spiro atoms. The average Bonchev–Trinajstić information content (AvgIpc) is 2.74. The summed E-state index contributed by atoms with van der Waals surface area (Å²) in [6, 6.07) is 8.29. The third-order valence-electron chi connectivity index (χ3n) is 2.11. The van der Waals surface area contributed by atoms with Crippen LogP contribution in [-0.4, -0.2) is 16.2 Å². The van der Waals surface area contributed by atoms with Gasteiger partial charge >= 0.3 is 0 Å². The van der Waals surface area contributed by atoms with Gasteiger partial charge in [0, 0.05) is 9.61 Å². The van der Waals surface area contributed by atoms with Crippen molar-refractivity contribution >= 4 is 33.9 Å². The number of ether oxygens (including phenoxy) is 1. The van der Waals surface area contributed by atoms with Gasteiger partial charge in [-0.1, -0.05) is 36.3 Å². The summed E-state index contributed by atoms with van der Waals surface area (Å²) in [5.41, 5.74) is 0. The van der Waals surface area contributed by atoms with Gasteiger partial charge in [-0.25, -0.2) is 0 Å². The van der Waals surface area contributed by atoms with Gasteiger partial charge in [-0.05, 0) is 40.8 Å². The molecule has 0 atom stereocenters. The highest BCUT2D eigenvalue weighted by atomic mass is 127. The lowest BCUT2D eigenvalue weighted by Gasteiger charge is -2.03. The summed E-state index contributed by atoms with van der Waals surface area (Å²) in [6.07, 6.45) is 0. The van der Waals surface area contributed by atoms with Crippen LogP contribution in [0.4, 0.5) is 0 Å². The highest BCUT2D eigenvalue weighted by Gasteiger charge is 2.06. The smallest absolute Gasteiger partial charge is 0.299 e. The largest absolute Gasteiger partial charge is 0.430 e. The fraction of sp³-hybridized carbons (Fsp3) is 0.333. The lowest BCUT2D eigenvalue weighted by Crippen LogP contribution is -2.21. The molecule has 0 amide bonds. The number of nitrogens with zero attached hydrogens (tertiary/aromatic N) is 2. The van der Waals surface area contributed by atoms with E-state index >= 15 is 0 Å². The third-order valence-corrected chi connectivity index (χ3v) is 3.58. The molecule has 0 saturated heterocycles. The zero-order valence-electron chi connectivity index (χ0n) is 10.2. The number of benzene rings is 1. The van der Waals surface area contributed by atoms with E-state index in [1.54, 1.807) is 0 Å². The van der Waals surface area contributed by atoms with Gasteiger partial charge in [0.15, 0.2) is 0 Å². The second kappa shape index (κ2) is 6.44. The predicted molar refractivity (Wildman–Crippen MR) is 81.1 cm³/mol. The number of hydrogen-bond donors (Lipinski definition) is 1. The molecule has 4 nitrogen and oxygen atoms in total. The highest BCUT2D eigenvalue weighted by molar-refractivity contribution is 14.1. The van der Waals surface area contributed by atoms with Gasteiger partial charge in [-0.2, -0.15) is 0 Å². The van der Waals surface area contributed by atoms with Crippen molar-refractivity contribution in [3.63, 3.8) is 0 Å². The third kappa shape index (κ3) is 4.18. The Morgan fingerprint density at radius 1 is 1.39 bits per heavy atom.